The lowest BCUT2D eigenvalue weighted by Crippen LogP contribution is -2.40. The Bertz CT molecular complexity index is 1650. The molecule has 5 rings (SSSR count). The molecule has 1 aliphatic heterocycles. The van der Waals surface area contributed by atoms with Crippen LogP contribution in [0, 0.1) is 13.8 Å². The van der Waals surface area contributed by atoms with Crippen LogP contribution < -0.4 is 20.2 Å². The summed E-state index contributed by atoms with van der Waals surface area (Å²) in [5.74, 6) is 0.888. The molecular weight excluding hydrogens is 462 g/mol. The number of allylic oxidation sites excluding steroid dienone is 1. The molecule has 0 saturated heterocycles. The van der Waals surface area contributed by atoms with Gasteiger partial charge in [0.15, 0.2) is 4.80 Å². The molecule has 0 aliphatic carbocycles. The van der Waals surface area contributed by atoms with E-state index in [0.717, 1.165) is 17.7 Å². The average molecular weight is 488 g/mol. The second-order valence-corrected chi connectivity index (χ2v) is 9.44. The molecule has 1 atom stereocenters. The molecule has 8 nitrogen and oxygen atoms in total. The summed E-state index contributed by atoms with van der Waals surface area (Å²) in [6, 6.07) is 10.5. The molecule has 0 radical (unpaired) electrons. The van der Waals surface area contributed by atoms with Gasteiger partial charge in [-0.05, 0) is 57.5 Å². The average Bonchev–Trinajstić information content (AvgIpc) is 3.54. The number of carbonyl (C=O) groups is 1. The van der Waals surface area contributed by atoms with Gasteiger partial charge in [0.2, 0.25) is 0 Å². The molecule has 178 valence electrons. The van der Waals surface area contributed by atoms with Crippen molar-refractivity contribution in [1.29, 1.82) is 0 Å². The largest absolute Gasteiger partial charge is 0.464 e. The van der Waals surface area contributed by atoms with E-state index in [-0.39, 0.29) is 11.5 Å². The first-order valence-electron chi connectivity index (χ1n) is 11.3. The van der Waals surface area contributed by atoms with E-state index in [2.05, 4.69) is 15.4 Å². The first-order valence-corrected chi connectivity index (χ1v) is 12.2. The van der Waals surface area contributed by atoms with E-state index in [1.807, 2.05) is 63.4 Å². The van der Waals surface area contributed by atoms with Crippen LogP contribution in [0.2, 0.25) is 0 Å². The van der Waals surface area contributed by atoms with Gasteiger partial charge in [-0.2, -0.15) is 5.10 Å². The van der Waals surface area contributed by atoms with Crippen LogP contribution in [0.25, 0.3) is 6.08 Å². The number of benzene rings is 1. The molecule has 0 bridgehead atoms. The van der Waals surface area contributed by atoms with Crippen molar-refractivity contribution in [2.75, 3.05) is 5.32 Å². The van der Waals surface area contributed by atoms with Gasteiger partial charge in [0.05, 0.1) is 22.0 Å². The zero-order chi connectivity index (χ0) is 24.7. The summed E-state index contributed by atoms with van der Waals surface area (Å²) >= 11 is 1.29. The molecule has 1 N–H and O–H groups in total. The number of fused-ring (bicyclic) bond motifs is 1. The Morgan fingerprint density at radius 3 is 2.69 bits per heavy atom. The Balaban J connectivity index is 1.65. The molecule has 0 fully saturated rings. The lowest BCUT2D eigenvalue weighted by Gasteiger charge is -2.23. The lowest BCUT2D eigenvalue weighted by molar-refractivity contribution is -0.113. The van der Waals surface area contributed by atoms with E-state index in [1.165, 1.54) is 11.3 Å². The van der Waals surface area contributed by atoms with Crippen LogP contribution >= 0.6 is 11.3 Å². The van der Waals surface area contributed by atoms with Gasteiger partial charge in [0.25, 0.3) is 11.5 Å². The molecule has 4 heterocycles. The summed E-state index contributed by atoms with van der Waals surface area (Å²) in [5.41, 5.74) is 3.16. The minimum absolute atomic E-state index is 0.231. The molecule has 1 aliphatic rings. The minimum Gasteiger partial charge on any atom is -0.464 e. The second kappa shape index (κ2) is 8.99. The van der Waals surface area contributed by atoms with Crippen LogP contribution in [0.5, 0.6) is 0 Å². The minimum atomic E-state index is -0.732. The molecule has 3 aromatic heterocycles. The molecule has 9 heteroatoms. The number of hydrogen-bond acceptors (Lipinski definition) is 6. The number of aryl methyl sites for hydroxylation is 3. The highest BCUT2D eigenvalue weighted by Crippen LogP contribution is 2.32. The number of aromatic nitrogens is 3. The number of rotatable bonds is 5. The standard InChI is InChI=1S/C26H25N5O3S/c1-5-30-14-18(13-27-30)12-21-25(33)31-23(20-11-10-16(3)34-20)22(17(4)28-26(31)35-21)24(32)29-19-9-7-6-8-15(19)2/h6-14,23H,5H2,1-4H3,(H,29,32)/b21-12+/t23-/m1/s1. The van der Waals surface area contributed by atoms with Crippen LogP contribution in [0.1, 0.15) is 42.5 Å². The quantitative estimate of drug-likeness (QED) is 0.467. The summed E-state index contributed by atoms with van der Waals surface area (Å²) in [4.78, 5) is 32.4. The fraction of sp³-hybridized carbons (Fsp3) is 0.231. The number of nitrogens with one attached hydrogen (secondary N) is 1. The fourth-order valence-electron chi connectivity index (χ4n) is 4.16. The normalized spacial score (nSPS) is 15.8. The van der Waals surface area contributed by atoms with Crippen molar-refractivity contribution in [3.05, 3.63) is 102 Å². The maximum atomic E-state index is 13.6. The van der Waals surface area contributed by atoms with E-state index < -0.39 is 6.04 Å². The SMILES string of the molecule is CCn1cc(/C=c2/sc3n(c2=O)[C@H](c2ccc(C)o2)C(C(=O)Nc2ccccc2C)=C(C)N=3)cn1. The molecule has 0 spiro atoms. The van der Waals surface area contributed by atoms with Gasteiger partial charge in [0, 0.05) is 24.0 Å². The first-order chi connectivity index (χ1) is 16.9. The van der Waals surface area contributed by atoms with E-state index in [1.54, 1.807) is 28.4 Å². The fourth-order valence-corrected chi connectivity index (χ4v) is 5.21. The van der Waals surface area contributed by atoms with Crippen LogP contribution in [0.4, 0.5) is 5.69 Å². The number of thiazole rings is 1. The number of hydrogen-bond donors (Lipinski definition) is 1. The van der Waals surface area contributed by atoms with Crippen LogP contribution in [-0.4, -0.2) is 20.3 Å². The lowest BCUT2D eigenvalue weighted by atomic mass is 10.00. The van der Waals surface area contributed by atoms with Gasteiger partial charge in [-0.1, -0.05) is 29.5 Å². The second-order valence-electron chi connectivity index (χ2n) is 8.43. The van der Waals surface area contributed by atoms with Crippen LogP contribution in [-0.2, 0) is 11.3 Å². The third-order valence-electron chi connectivity index (χ3n) is 5.97. The maximum absolute atomic E-state index is 13.6. The monoisotopic (exact) mass is 487 g/mol. The van der Waals surface area contributed by atoms with Crippen molar-refractivity contribution in [2.24, 2.45) is 4.99 Å². The Hall–Kier alpha value is -3.98. The summed E-state index contributed by atoms with van der Waals surface area (Å²) in [5, 5.41) is 7.28. The smallest absolute Gasteiger partial charge is 0.271 e. The zero-order valence-electron chi connectivity index (χ0n) is 19.9. The Morgan fingerprint density at radius 1 is 1.20 bits per heavy atom. The molecular formula is C26H25N5O3S. The van der Waals surface area contributed by atoms with Gasteiger partial charge in [-0.3, -0.25) is 18.8 Å². The van der Waals surface area contributed by atoms with E-state index in [4.69, 9.17) is 4.42 Å². The van der Waals surface area contributed by atoms with Crippen molar-refractivity contribution in [3.63, 3.8) is 0 Å². The molecule has 1 aromatic carbocycles. The molecule has 35 heavy (non-hydrogen) atoms. The number of nitrogens with zero attached hydrogens (tertiary/aromatic N) is 4. The van der Waals surface area contributed by atoms with Crippen LogP contribution in [0.15, 0.2) is 74.3 Å². The highest BCUT2D eigenvalue weighted by atomic mass is 32.1. The van der Waals surface area contributed by atoms with Gasteiger partial charge >= 0.3 is 0 Å². The summed E-state index contributed by atoms with van der Waals surface area (Å²) < 4.78 is 9.82. The third-order valence-corrected chi connectivity index (χ3v) is 6.95. The zero-order valence-corrected chi connectivity index (χ0v) is 20.7. The van der Waals surface area contributed by atoms with Crippen molar-refractivity contribution >= 4 is 29.0 Å². The van der Waals surface area contributed by atoms with Crippen LogP contribution in [0.3, 0.4) is 0 Å². The Labute approximate surface area is 205 Å². The maximum Gasteiger partial charge on any atom is 0.271 e. The Kier molecular flexibility index (Phi) is 5.86. The number of anilines is 1. The highest BCUT2D eigenvalue weighted by Gasteiger charge is 2.34. The van der Waals surface area contributed by atoms with E-state index in [9.17, 15) is 9.59 Å². The number of furan rings is 1. The summed E-state index contributed by atoms with van der Waals surface area (Å²) in [6.07, 6.45) is 5.42. The predicted molar refractivity (Wildman–Crippen MR) is 135 cm³/mol. The van der Waals surface area contributed by atoms with Gasteiger partial charge in [-0.25, -0.2) is 4.99 Å². The summed E-state index contributed by atoms with van der Waals surface area (Å²) in [6.45, 7) is 8.30. The van der Waals surface area contributed by atoms with E-state index >= 15 is 0 Å². The highest BCUT2D eigenvalue weighted by molar-refractivity contribution is 7.07. The van der Waals surface area contributed by atoms with Gasteiger partial charge in [-0.15, -0.1) is 0 Å². The third kappa shape index (κ3) is 4.19. The van der Waals surface area contributed by atoms with Gasteiger partial charge < -0.3 is 9.73 Å². The first kappa shape index (κ1) is 22.8. The van der Waals surface area contributed by atoms with Crippen molar-refractivity contribution in [1.82, 2.24) is 14.3 Å². The molecule has 1 amide bonds. The van der Waals surface area contributed by atoms with E-state index in [0.29, 0.717) is 37.8 Å². The Morgan fingerprint density at radius 2 is 2.00 bits per heavy atom. The number of carbonyl (C=O) groups excluding carboxylic acids is 1. The van der Waals surface area contributed by atoms with Crippen molar-refractivity contribution in [2.45, 2.75) is 40.3 Å². The molecule has 4 aromatic rings. The molecule has 0 unspecified atom stereocenters. The van der Waals surface area contributed by atoms with Crippen molar-refractivity contribution in [3.8, 4) is 0 Å². The summed E-state index contributed by atoms with van der Waals surface area (Å²) in [7, 11) is 0. The predicted octanol–water partition coefficient (Wildman–Crippen LogP) is 3.30. The number of amides is 1. The topological polar surface area (TPSA) is 94.4 Å². The number of para-hydroxylation sites is 1. The van der Waals surface area contributed by atoms with Gasteiger partial charge in [0.1, 0.15) is 17.6 Å². The molecule has 0 saturated carbocycles. The van der Waals surface area contributed by atoms with Crippen molar-refractivity contribution < 1.29 is 9.21 Å².